The molecule has 0 unspecified atom stereocenters. The lowest BCUT2D eigenvalue weighted by Gasteiger charge is -2.26. The Morgan fingerprint density at radius 2 is 2.00 bits per heavy atom. The van der Waals surface area contributed by atoms with Gasteiger partial charge in [0.1, 0.15) is 0 Å². The van der Waals surface area contributed by atoms with E-state index < -0.39 is 0 Å². The van der Waals surface area contributed by atoms with E-state index in [1.165, 1.54) is 0 Å². The predicted molar refractivity (Wildman–Crippen MR) is 93.1 cm³/mol. The molecule has 2 rings (SSSR count). The molecule has 0 radical (unpaired) electrons. The number of carbonyl (C=O) groups excluding carboxylic acids is 1. The lowest BCUT2D eigenvalue weighted by Crippen LogP contribution is -2.35. The highest BCUT2D eigenvalue weighted by Crippen LogP contribution is 2.30. The van der Waals surface area contributed by atoms with Crippen LogP contribution in [0.15, 0.2) is 23.8 Å². The molecule has 126 valence electrons. The molecule has 4 heteroatoms. The van der Waals surface area contributed by atoms with Crippen molar-refractivity contribution >= 4 is 11.9 Å². The predicted octanol–water partition coefficient (Wildman–Crippen LogP) is 3.55. The molecular weight excluding hydrogens is 290 g/mol. The molecule has 0 aliphatic carbocycles. The molecule has 1 aromatic carbocycles. The summed E-state index contributed by atoms with van der Waals surface area (Å²) in [6.45, 7) is 9.98. The van der Waals surface area contributed by atoms with Gasteiger partial charge in [-0.3, -0.25) is 9.69 Å². The number of hydrogen-bond acceptors (Lipinski definition) is 4. The monoisotopic (exact) mass is 317 g/mol. The number of carbonyl (C=O) groups is 1. The molecule has 1 saturated heterocycles. The van der Waals surface area contributed by atoms with Gasteiger partial charge < -0.3 is 9.47 Å². The molecule has 0 N–H and O–H groups in total. The lowest BCUT2D eigenvalue weighted by molar-refractivity contribution is -0.117. The van der Waals surface area contributed by atoms with Crippen LogP contribution >= 0.6 is 0 Å². The zero-order valence-electron chi connectivity index (χ0n) is 14.4. The van der Waals surface area contributed by atoms with Gasteiger partial charge in [0.25, 0.3) is 0 Å². The van der Waals surface area contributed by atoms with E-state index in [2.05, 4.69) is 18.7 Å². The minimum Gasteiger partial charge on any atom is -0.490 e. The number of ether oxygens (including phenoxy) is 2. The second kappa shape index (κ2) is 8.73. The van der Waals surface area contributed by atoms with Crippen molar-refractivity contribution < 1.29 is 14.3 Å². The third-order valence-corrected chi connectivity index (χ3v) is 3.92. The van der Waals surface area contributed by atoms with Gasteiger partial charge in [0.2, 0.25) is 0 Å². The number of piperidine rings is 1. The van der Waals surface area contributed by atoms with Gasteiger partial charge in [-0.1, -0.05) is 19.9 Å². The van der Waals surface area contributed by atoms with Gasteiger partial charge in [-0.25, -0.2) is 0 Å². The van der Waals surface area contributed by atoms with E-state index in [0.717, 1.165) is 48.7 Å². The van der Waals surface area contributed by atoms with Crippen molar-refractivity contribution in [3.8, 4) is 11.5 Å². The third kappa shape index (κ3) is 4.83. The maximum Gasteiger partial charge on any atom is 0.161 e. The van der Waals surface area contributed by atoms with Gasteiger partial charge in [-0.05, 0) is 43.7 Å². The molecule has 0 aromatic heterocycles. The summed E-state index contributed by atoms with van der Waals surface area (Å²) < 4.78 is 11.4. The van der Waals surface area contributed by atoms with Gasteiger partial charge in [-0.2, -0.15) is 0 Å². The Morgan fingerprint density at radius 1 is 1.17 bits per heavy atom. The van der Waals surface area contributed by atoms with Crippen molar-refractivity contribution in [2.45, 2.75) is 33.6 Å². The first-order valence-electron chi connectivity index (χ1n) is 8.53. The van der Waals surface area contributed by atoms with Crippen molar-refractivity contribution in [1.29, 1.82) is 0 Å². The van der Waals surface area contributed by atoms with E-state index >= 15 is 0 Å². The fourth-order valence-corrected chi connectivity index (χ4v) is 2.64. The van der Waals surface area contributed by atoms with Crippen LogP contribution in [0.3, 0.4) is 0 Å². The average Bonchev–Trinajstić information content (AvgIpc) is 2.56. The van der Waals surface area contributed by atoms with E-state index in [1.807, 2.05) is 31.2 Å². The number of benzene rings is 1. The van der Waals surface area contributed by atoms with E-state index in [-0.39, 0.29) is 5.78 Å². The topological polar surface area (TPSA) is 38.8 Å². The van der Waals surface area contributed by atoms with Crippen LogP contribution in [-0.2, 0) is 4.79 Å². The quantitative estimate of drug-likeness (QED) is 0.721. The largest absolute Gasteiger partial charge is 0.490 e. The molecule has 0 spiro atoms. The van der Waals surface area contributed by atoms with Crippen molar-refractivity contribution in [2.75, 3.05) is 32.8 Å². The Kier molecular flexibility index (Phi) is 6.66. The Balaban J connectivity index is 2.22. The minimum atomic E-state index is 0.249. The van der Waals surface area contributed by atoms with Crippen LogP contribution in [0.4, 0.5) is 0 Å². The molecule has 0 bridgehead atoms. The van der Waals surface area contributed by atoms with Crippen LogP contribution < -0.4 is 9.47 Å². The maximum absolute atomic E-state index is 12.1. The first-order valence-corrected chi connectivity index (χ1v) is 8.53. The van der Waals surface area contributed by atoms with E-state index in [0.29, 0.717) is 19.6 Å². The van der Waals surface area contributed by atoms with Crippen molar-refractivity contribution in [3.05, 3.63) is 29.3 Å². The van der Waals surface area contributed by atoms with Gasteiger partial charge in [-0.15, -0.1) is 0 Å². The average molecular weight is 317 g/mol. The van der Waals surface area contributed by atoms with Gasteiger partial charge >= 0.3 is 0 Å². The summed E-state index contributed by atoms with van der Waals surface area (Å²) in [5, 5.41) is 0. The van der Waals surface area contributed by atoms with Crippen LogP contribution in [0.5, 0.6) is 11.5 Å². The third-order valence-electron chi connectivity index (χ3n) is 3.92. The summed E-state index contributed by atoms with van der Waals surface area (Å²) in [5.74, 6) is 1.76. The fraction of sp³-hybridized carbons (Fsp3) is 0.526. The molecule has 1 heterocycles. The summed E-state index contributed by atoms with van der Waals surface area (Å²) in [7, 11) is 0. The maximum atomic E-state index is 12.1. The van der Waals surface area contributed by atoms with Crippen molar-refractivity contribution in [2.24, 2.45) is 0 Å². The second-order valence-electron chi connectivity index (χ2n) is 5.70. The van der Waals surface area contributed by atoms with Crippen LogP contribution in [-0.4, -0.2) is 43.5 Å². The minimum absolute atomic E-state index is 0.249. The van der Waals surface area contributed by atoms with Crippen molar-refractivity contribution in [3.63, 3.8) is 0 Å². The fourth-order valence-electron chi connectivity index (χ4n) is 2.64. The number of ketones is 1. The van der Waals surface area contributed by atoms with Crippen LogP contribution in [0, 0.1) is 0 Å². The zero-order chi connectivity index (χ0) is 16.7. The molecule has 0 saturated carbocycles. The summed E-state index contributed by atoms with van der Waals surface area (Å²) >= 11 is 0. The Bertz CT molecular complexity index is 566. The number of Topliss-reactive ketones (excluding diaryl/α,β-unsaturated/α-hetero) is 1. The van der Waals surface area contributed by atoms with Gasteiger partial charge in [0.05, 0.1) is 13.2 Å². The van der Waals surface area contributed by atoms with Crippen LogP contribution in [0.2, 0.25) is 0 Å². The molecule has 1 fully saturated rings. The Morgan fingerprint density at radius 3 is 2.70 bits per heavy atom. The highest BCUT2D eigenvalue weighted by atomic mass is 16.5. The molecule has 4 nitrogen and oxygen atoms in total. The Hall–Kier alpha value is -1.81. The smallest absolute Gasteiger partial charge is 0.161 e. The first kappa shape index (κ1) is 17.5. The highest BCUT2D eigenvalue weighted by molar-refractivity contribution is 6.00. The lowest BCUT2D eigenvalue weighted by atomic mass is 10.0. The van der Waals surface area contributed by atoms with Crippen molar-refractivity contribution in [1.82, 2.24) is 4.90 Å². The molecule has 0 amide bonds. The first-order chi connectivity index (χ1) is 11.2. The number of hydrogen-bond donors (Lipinski definition) is 0. The Labute approximate surface area is 139 Å². The molecule has 1 aliphatic heterocycles. The zero-order valence-corrected chi connectivity index (χ0v) is 14.4. The summed E-state index contributed by atoms with van der Waals surface area (Å²) in [6.07, 6.45) is 3.55. The molecule has 0 atom stereocenters. The SMILES string of the molecule is CCCOc1ccc(/C=C2\CN(CC)CCC2=O)cc1OCC. The summed E-state index contributed by atoms with van der Waals surface area (Å²) in [6, 6.07) is 5.87. The van der Waals surface area contributed by atoms with E-state index in [9.17, 15) is 4.79 Å². The van der Waals surface area contributed by atoms with E-state index in [4.69, 9.17) is 9.47 Å². The number of nitrogens with zero attached hydrogens (tertiary/aromatic N) is 1. The number of rotatable bonds is 7. The number of likely N-dealkylation sites (tertiary alicyclic amines) is 1. The summed E-state index contributed by atoms with van der Waals surface area (Å²) in [5.41, 5.74) is 1.86. The second-order valence-corrected chi connectivity index (χ2v) is 5.70. The van der Waals surface area contributed by atoms with Gasteiger partial charge in [0, 0.05) is 25.1 Å². The molecule has 1 aliphatic rings. The normalized spacial score (nSPS) is 17.5. The number of likely N-dealkylation sites (N-methyl/N-ethyl adjacent to an activating group) is 1. The highest BCUT2D eigenvalue weighted by Gasteiger charge is 2.20. The van der Waals surface area contributed by atoms with E-state index in [1.54, 1.807) is 0 Å². The standard InChI is InChI=1S/C19H27NO3/c1-4-11-23-18-8-7-15(13-19(18)22-6-3)12-16-14-20(5-2)10-9-17(16)21/h7-8,12-13H,4-6,9-11,14H2,1-3H3/b16-12+. The van der Waals surface area contributed by atoms with Crippen LogP contribution in [0.1, 0.15) is 39.2 Å². The summed E-state index contributed by atoms with van der Waals surface area (Å²) in [4.78, 5) is 14.4. The molecular formula is C19H27NO3. The van der Waals surface area contributed by atoms with Gasteiger partial charge in [0.15, 0.2) is 17.3 Å². The molecule has 23 heavy (non-hydrogen) atoms. The van der Waals surface area contributed by atoms with Crippen LogP contribution in [0.25, 0.3) is 6.08 Å². The molecule has 1 aromatic rings.